The van der Waals surface area contributed by atoms with Gasteiger partial charge in [-0.2, -0.15) is 0 Å². The molecule has 0 unspecified atom stereocenters. The standard InChI is InChI=1S/C15H12N4/c16-14-8-11-2-1-10(7-13(11)18-14)12-3-4-15-17-5-6-19(15)9-12/h1-7,9H,8H2,(H2,16,18). The third-order valence-electron chi connectivity index (χ3n) is 3.44. The fourth-order valence-electron chi connectivity index (χ4n) is 2.48. The number of benzene rings is 1. The van der Waals surface area contributed by atoms with Crippen LogP contribution >= 0.6 is 0 Å². The first-order valence-corrected chi connectivity index (χ1v) is 6.19. The van der Waals surface area contributed by atoms with E-state index in [4.69, 9.17) is 5.73 Å². The van der Waals surface area contributed by atoms with Gasteiger partial charge in [0.15, 0.2) is 0 Å². The molecule has 4 rings (SSSR count). The molecule has 0 atom stereocenters. The van der Waals surface area contributed by atoms with Gasteiger partial charge in [0.2, 0.25) is 0 Å². The summed E-state index contributed by atoms with van der Waals surface area (Å²) in [5, 5.41) is 0. The molecular weight excluding hydrogens is 236 g/mol. The Morgan fingerprint density at radius 1 is 1.11 bits per heavy atom. The second-order valence-electron chi connectivity index (χ2n) is 4.73. The van der Waals surface area contributed by atoms with Crippen molar-refractivity contribution >= 4 is 17.2 Å². The van der Waals surface area contributed by atoms with Gasteiger partial charge in [0.05, 0.1) is 5.69 Å². The highest BCUT2D eigenvalue weighted by Gasteiger charge is 2.12. The van der Waals surface area contributed by atoms with Crippen LogP contribution in [0.2, 0.25) is 0 Å². The molecule has 1 aliphatic rings. The summed E-state index contributed by atoms with van der Waals surface area (Å²) in [6, 6.07) is 10.4. The van der Waals surface area contributed by atoms with Gasteiger partial charge in [-0.05, 0) is 34.9 Å². The highest BCUT2D eigenvalue weighted by atomic mass is 15.0. The van der Waals surface area contributed by atoms with Crippen molar-refractivity contribution in [3.8, 4) is 11.1 Å². The normalized spacial score (nSPS) is 13.6. The minimum Gasteiger partial charge on any atom is -0.387 e. The number of amidine groups is 1. The third kappa shape index (κ3) is 1.61. The maximum atomic E-state index is 5.77. The van der Waals surface area contributed by atoms with Crippen molar-refractivity contribution in [2.45, 2.75) is 6.42 Å². The van der Waals surface area contributed by atoms with Crippen LogP contribution in [0.5, 0.6) is 0 Å². The van der Waals surface area contributed by atoms with Crippen molar-refractivity contribution < 1.29 is 0 Å². The Hall–Kier alpha value is -2.62. The van der Waals surface area contributed by atoms with Gasteiger partial charge in [0, 0.05) is 25.0 Å². The average Bonchev–Trinajstić information content (AvgIpc) is 3.01. The summed E-state index contributed by atoms with van der Waals surface area (Å²) in [4.78, 5) is 8.61. The third-order valence-corrected chi connectivity index (χ3v) is 3.44. The Bertz CT molecular complexity index is 814. The number of pyridine rings is 1. The molecule has 2 aromatic heterocycles. The molecule has 0 fully saturated rings. The van der Waals surface area contributed by atoms with Crippen LogP contribution in [0.3, 0.4) is 0 Å². The predicted octanol–water partition coefficient (Wildman–Crippen LogP) is 2.55. The van der Waals surface area contributed by atoms with Gasteiger partial charge < -0.3 is 10.1 Å². The Labute approximate surface area is 110 Å². The summed E-state index contributed by atoms with van der Waals surface area (Å²) in [5.74, 6) is 0.692. The highest BCUT2D eigenvalue weighted by Crippen LogP contribution is 2.31. The van der Waals surface area contributed by atoms with Crippen molar-refractivity contribution in [1.82, 2.24) is 9.38 Å². The zero-order chi connectivity index (χ0) is 12.8. The van der Waals surface area contributed by atoms with Crippen molar-refractivity contribution in [3.05, 3.63) is 54.5 Å². The number of rotatable bonds is 1. The van der Waals surface area contributed by atoms with Crippen LogP contribution in [-0.4, -0.2) is 15.2 Å². The van der Waals surface area contributed by atoms with Crippen molar-refractivity contribution in [2.75, 3.05) is 0 Å². The first kappa shape index (κ1) is 10.3. The van der Waals surface area contributed by atoms with Crippen molar-refractivity contribution in [1.29, 1.82) is 0 Å². The van der Waals surface area contributed by atoms with Crippen LogP contribution in [0.4, 0.5) is 5.69 Å². The van der Waals surface area contributed by atoms with Crippen LogP contribution < -0.4 is 5.73 Å². The molecule has 1 aromatic carbocycles. The molecule has 0 spiro atoms. The Morgan fingerprint density at radius 3 is 2.95 bits per heavy atom. The van der Waals surface area contributed by atoms with Gasteiger partial charge in [-0.15, -0.1) is 0 Å². The van der Waals surface area contributed by atoms with E-state index >= 15 is 0 Å². The summed E-state index contributed by atoms with van der Waals surface area (Å²) in [6.45, 7) is 0. The summed E-state index contributed by atoms with van der Waals surface area (Å²) in [7, 11) is 0. The lowest BCUT2D eigenvalue weighted by atomic mass is 10.0. The topological polar surface area (TPSA) is 55.7 Å². The molecule has 19 heavy (non-hydrogen) atoms. The zero-order valence-electron chi connectivity index (χ0n) is 10.2. The molecule has 3 aromatic rings. The van der Waals surface area contributed by atoms with Gasteiger partial charge in [0.25, 0.3) is 0 Å². The lowest BCUT2D eigenvalue weighted by Crippen LogP contribution is -2.09. The smallest absolute Gasteiger partial charge is 0.136 e. The first-order valence-electron chi connectivity index (χ1n) is 6.19. The van der Waals surface area contributed by atoms with E-state index in [1.165, 1.54) is 5.56 Å². The van der Waals surface area contributed by atoms with Crippen LogP contribution in [0.15, 0.2) is 53.9 Å². The number of aliphatic imine (C=N–C) groups is 1. The molecule has 92 valence electrons. The molecule has 2 N–H and O–H groups in total. The average molecular weight is 248 g/mol. The number of imidazole rings is 1. The van der Waals surface area contributed by atoms with E-state index in [-0.39, 0.29) is 0 Å². The number of hydrogen-bond acceptors (Lipinski definition) is 3. The predicted molar refractivity (Wildman–Crippen MR) is 75.6 cm³/mol. The second kappa shape index (κ2) is 3.68. The summed E-state index contributed by atoms with van der Waals surface area (Å²) in [5.41, 5.74) is 11.2. The van der Waals surface area contributed by atoms with Crippen LogP contribution in [-0.2, 0) is 6.42 Å². The molecule has 0 saturated heterocycles. The molecule has 1 aliphatic heterocycles. The molecule has 0 amide bonds. The minimum atomic E-state index is 0.692. The molecule has 0 saturated carbocycles. The largest absolute Gasteiger partial charge is 0.387 e. The van der Waals surface area contributed by atoms with Crippen molar-refractivity contribution in [3.63, 3.8) is 0 Å². The number of hydrogen-bond donors (Lipinski definition) is 1. The van der Waals surface area contributed by atoms with E-state index < -0.39 is 0 Å². The Morgan fingerprint density at radius 2 is 2.00 bits per heavy atom. The van der Waals surface area contributed by atoms with Crippen LogP contribution in [0.1, 0.15) is 5.56 Å². The SMILES string of the molecule is NC1=Nc2cc(-c3ccc4nccn4c3)ccc2C1. The lowest BCUT2D eigenvalue weighted by Gasteiger charge is -2.05. The van der Waals surface area contributed by atoms with E-state index in [1.807, 2.05) is 16.7 Å². The number of fused-ring (bicyclic) bond motifs is 2. The summed E-state index contributed by atoms with van der Waals surface area (Å²) < 4.78 is 2.01. The fourth-order valence-corrected chi connectivity index (χ4v) is 2.48. The number of nitrogens with zero attached hydrogens (tertiary/aromatic N) is 3. The maximum absolute atomic E-state index is 5.77. The second-order valence-corrected chi connectivity index (χ2v) is 4.73. The maximum Gasteiger partial charge on any atom is 0.136 e. The minimum absolute atomic E-state index is 0.692. The molecule has 3 heterocycles. The fraction of sp³-hybridized carbons (Fsp3) is 0.0667. The number of aromatic nitrogens is 2. The van der Waals surface area contributed by atoms with Crippen LogP contribution in [0, 0.1) is 0 Å². The zero-order valence-corrected chi connectivity index (χ0v) is 10.2. The molecule has 4 heteroatoms. The monoisotopic (exact) mass is 248 g/mol. The summed E-state index contributed by atoms with van der Waals surface area (Å²) >= 11 is 0. The molecule has 0 radical (unpaired) electrons. The number of nitrogens with two attached hydrogens (primary N) is 1. The molecular formula is C15H12N4. The molecule has 0 aliphatic carbocycles. The Kier molecular flexibility index (Phi) is 2.00. The van der Waals surface area contributed by atoms with Gasteiger partial charge in [-0.3, -0.25) is 0 Å². The van der Waals surface area contributed by atoms with E-state index in [0.717, 1.165) is 28.9 Å². The first-order chi connectivity index (χ1) is 9.29. The van der Waals surface area contributed by atoms with E-state index in [1.54, 1.807) is 6.20 Å². The lowest BCUT2D eigenvalue weighted by molar-refractivity contribution is 1.19. The van der Waals surface area contributed by atoms with Gasteiger partial charge in [-0.25, -0.2) is 9.98 Å². The van der Waals surface area contributed by atoms with E-state index in [2.05, 4.69) is 40.4 Å². The highest BCUT2D eigenvalue weighted by molar-refractivity contribution is 5.91. The summed E-state index contributed by atoms with van der Waals surface area (Å²) in [6.07, 6.45) is 6.58. The van der Waals surface area contributed by atoms with Gasteiger partial charge >= 0.3 is 0 Å². The van der Waals surface area contributed by atoms with Crippen LogP contribution in [0.25, 0.3) is 16.8 Å². The quantitative estimate of drug-likeness (QED) is 0.719. The van der Waals surface area contributed by atoms with E-state index in [9.17, 15) is 0 Å². The van der Waals surface area contributed by atoms with Crippen molar-refractivity contribution in [2.24, 2.45) is 10.7 Å². The molecule has 4 nitrogen and oxygen atoms in total. The van der Waals surface area contributed by atoms with Gasteiger partial charge in [0.1, 0.15) is 11.5 Å². The molecule has 0 bridgehead atoms. The van der Waals surface area contributed by atoms with Gasteiger partial charge in [-0.1, -0.05) is 12.1 Å². The Balaban J connectivity index is 1.85. The van der Waals surface area contributed by atoms with E-state index in [0.29, 0.717) is 5.84 Å².